The zero-order chi connectivity index (χ0) is 17.3. The van der Waals surface area contributed by atoms with E-state index in [1.807, 2.05) is 6.56 Å². The Morgan fingerprint density at radius 2 is 0.920 bits per heavy atom. The Morgan fingerprint density at radius 1 is 0.600 bits per heavy atom. The predicted molar refractivity (Wildman–Crippen MR) is 119 cm³/mol. The summed E-state index contributed by atoms with van der Waals surface area (Å²) in [5.74, 6) is 2.72. The van der Waals surface area contributed by atoms with E-state index in [0.29, 0.717) is 23.7 Å². The van der Waals surface area contributed by atoms with E-state index in [2.05, 4.69) is 67.5 Å². The normalized spacial score (nSPS) is 17.4. The van der Waals surface area contributed by atoms with Crippen molar-refractivity contribution in [2.45, 2.75) is 68.2 Å². The Hall–Kier alpha value is 0.803. The second-order valence-electron chi connectivity index (χ2n) is 8.26. The fourth-order valence-electron chi connectivity index (χ4n) is 4.09. The second-order valence-corrected chi connectivity index (χ2v) is 11.8. The van der Waals surface area contributed by atoms with Crippen LogP contribution in [-0.4, -0.2) is 0 Å². The van der Waals surface area contributed by atoms with Crippen molar-refractivity contribution in [3.63, 3.8) is 0 Å². The van der Waals surface area contributed by atoms with E-state index in [4.69, 9.17) is 0 Å². The summed E-state index contributed by atoms with van der Waals surface area (Å²) in [6.07, 6.45) is 7.58. The molecule has 0 saturated carbocycles. The van der Waals surface area contributed by atoms with Crippen LogP contribution in [-0.2, 0) is 23.2 Å². The molecule has 2 aliphatic carbocycles. The first-order valence-corrected chi connectivity index (χ1v) is 11.8. The van der Waals surface area contributed by atoms with E-state index < -0.39 is 23.2 Å². The third-order valence-electron chi connectivity index (χ3n) is 5.02. The molecule has 142 valence electrons. The Labute approximate surface area is 188 Å². The molecule has 0 nitrogen and oxygen atoms in total. The monoisotopic (exact) mass is 548 g/mol. The van der Waals surface area contributed by atoms with Gasteiger partial charge in [0, 0.05) is 0 Å². The standard InChI is InChI=1S/2C11H17.2BrH.Zr/c2*1-8(2)10-6-5-7-11(10)9(3)4;;;/h2*6,8-9H,5H2,1-4H3;2*1H;. The van der Waals surface area contributed by atoms with Crippen LogP contribution in [0, 0.1) is 23.7 Å². The molecule has 0 amide bonds. The van der Waals surface area contributed by atoms with Crippen LogP contribution < -0.4 is 0 Å². The van der Waals surface area contributed by atoms with Crippen molar-refractivity contribution in [3.8, 4) is 0 Å². The minimum absolute atomic E-state index is 0. The van der Waals surface area contributed by atoms with E-state index in [1.165, 1.54) is 12.8 Å². The molecule has 0 aromatic heterocycles. The zero-order valence-electron chi connectivity index (χ0n) is 17.2. The van der Waals surface area contributed by atoms with Crippen molar-refractivity contribution in [1.82, 2.24) is 0 Å². The van der Waals surface area contributed by atoms with E-state index in [9.17, 15) is 0 Å². The molecule has 0 N–H and O–H groups in total. The Morgan fingerprint density at radius 3 is 1.16 bits per heavy atom. The molecule has 0 saturated heterocycles. The van der Waals surface area contributed by atoms with Crippen molar-refractivity contribution in [3.05, 3.63) is 41.0 Å². The van der Waals surface area contributed by atoms with E-state index in [-0.39, 0.29) is 34.0 Å². The summed E-state index contributed by atoms with van der Waals surface area (Å²) in [4.78, 5) is 0. The number of rotatable bonds is 6. The molecule has 0 atom stereocenters. The minimum atomic E-state index is -0.621. The van der Waals surface area contributed by atoms with Gasteiger partial charge in [0.25, 0.3) is 0 Å². The van der Waals surface area contributed by atoms with Gasteiger partial charge in [0.15, 0.2) is 0 Å². The van der Waals surface area contributed by atoms with E-state index in [1.54, 1.807) is 22.3 Å². The van der Waals surface area contributed by atoms with Crippen LogP contribution in [0.25, 0.3) is 0 Å². The SMILES string of the molecule is Br.Br.CC(C)C1=CC[C]([Zr][C]2=C(C(C)C)C(C(C)C)=CC2)=C1C(C)C. The molecule has 2 rings (SSSR count). The van der Waals surface area contributed by atoms with Gasteiger partial charge in [-0.2, -0.15) is 0 Å². The van der Waals surface area contributed by atoms with Crippen molar-refractivity contribution in [1.29, 1.82) is 0 Å². The fraction of sp³-hybridized carbons (Fsp3) is 0.636. The molecule has 0 bridgehead atoms. The van der Waals surface area contributed by atoms with Crippen molar-refractivity contribution in [2.24, 2.45) is 23.7 Å². The van der Waals surface area contributed by atoms with Crippen molar-refractivity contribution in [2.75, 3.05) is 0 Å². The first-order valence-electron chi connectivity index (χ1n) is 9.37. The molecular formula is C22H36Br2Zr. The van der Waals surface area contributed by atoms with Crippen LogP contribution in [0.2, 0.25) is 0 Å². The van der Waals surface area contributed by atoms with Gasteiger partial charge >= 0.3 is 156 Å². The molecule has 0 unspecified atom stereocenters. The number of allylic oxidation sites excluding steroid dienone is 8. The van der Waals surface area contributed by atoms with Gasteiger partial charge in [0.05, 0.1) is 0 Å². The number of hydrogen-bond donors (Lipinski definition) is 0. The van der Waals surface area contributed by atoms with Crippen LogP contribution >= 0.6 is 34.0 Å². The molecule has 0 radical (unpaired) electrons. The topological polar surface area (TPSA) is 0 Å². The molecule has 3 heteroatoms. The quantitative estimate of drug-likeness (QED) is 0.314. The average molecular weight is 552 g/mol. The molecule has 0 heterocycles. The number of hydrogen-bond acceptors (Lipinski definition) is 0. The second kappa shape index (κ2) is 11.0. The summed E-state index contributed by atoms with van der Waals surface area (Å²) in [5, 5.41) is 0. The maximum atomic E-state index is 2.54. The van der Waals surface area contributed by atoms with Gasteiger partial charge in [-0.3, -0.25) is 0 Å². The van der Waals surface area contributed by atoms with E-state index >= 15 is 0 Å². The third-order valence-corrected chi connectivity index (χ3v) is 8.84. The third kappa shape index (κ3) is 5.89. The molecule has 0 aromatic carbocycles. The molecule has 25 heavy (non-hydrogen) atoms. The Kier molecular flexibility index (Phi) is 11.3. The van der Waals surface area contributed by atoms with Gasteiger partial charge < -0.3 is 0 Å². The molecule has 2 aliphatic rings. The average Bonchev–Trinajstić information content (AvgIpc) is 3.02. The molecule has 0 aromatic rings. The van der Waals surface area contributed by atoms with Crippen LogP contribution in [0.1, 0.15) is 68.2 Å². The first kappa shape index (κ1) is 25.8. The van der Waals surface area contributed by atoms with E-state index in [0.717, 1.165) is 0 Å². The molecule has 0 fully saturated rings. The van der Waals surface area contributed by atoms with Crippen molar-refractivity contribution >= 4 is 34.0 Å². The van der Waals surface area contributed by atoms with Gasteiger partial charge in [-0.15, -0.1) is 34.0 Å². The number of halogens is 2. The summed E-state index contributed by atoms with van der Waals surface area (Å²) in [6, 6.07) is 0. The summed E-state index contributed by atoms with van der Waals surface area (Å²) < 4.78 is 3.72. The van der Waals surface area contributed by atoms with Crippen LogP contribution in [0.5, 0.6) is 0 Å². The maximum absolute atomic E-state index is 2.54. The molecular weight excluding hydrogens is 515 g/mol. The first-order chi connectivity index (χ1) is 10.7. The van der Waals surface area contributed by atoms with Crippen LogP contribution in [0.3, 0.4) is 0 Å². The predicted octanol–water partition coefficient (Wildman–Crippen LogP) is 8.02. The summed E-state index contributed by atoms with van der Waals surface area (Å²) in [6.45, 7) is 19.0. The van der Waals surface area contributed by atoms with Gasteiger partial charge in [0.1, 0.15) is 0 Å². The van der Waals surface area contributed by atoms with Gasteiger partial charge in [-0.1, -0.05) is 0 Å². The fourth-order valence-corrected chi connectivity index (χ4v) is 8.78. The summed E-state index contributed by atoms with van der Waals surface area (Å²) in [7, 11) is 0. The Bertz CT molecular complexity index is 535. The van der Waals surface area contributed by atoms with Gasteiger partial charge in [-0.25, -0.2) is 0 Å². The summed E-state index contributed by atoms with van der Waals surface area (Å²) >= 11 is -0.621. The van der Waals surface area contributed by atoms with Crippen molar-refractivity contribution < 1.29 is 23.2 Å². The molecule has 0 spiro atoms. The van der Waals surface area contributed by atoms with Gasteiger partial charge in [-0.05, 0) is 0 Å². The molecule has 0 aliphatic heterocycles. The van der Waals surface area contributed by atoms with Crippen LogP contribution in [0.15, 0.2) is 41.0 Å². The zero-order valence-corrected chi connectivity index (χ0v) is 23.1. The summed E-state index contributed by atoms with van der Waals surface area (Å²) in [5.41, 5.74) is 6.77. The van der Waals surface area contributed by atoms with Gasteiger partial charge in [0.2, 0.25) is 0 Å². The van der Waals surface area contributed by atoms with Crippen LogP contribution in [0.4, 0.5) is 0 Å². The Balaban J connectivity index is 0.00000288.